The Kier molecular flexibility index (Phi) is 3.81. The molecule has 1 aromatic carbocycles. The number of nitrogens with one attached hydrogen (secondary N) is 1. The van der Waals surface area contributed by atoms with Gasteiger partial charge in [0.2, 0.25) is 0 Å². The number of hydrogen-bond donors (Lipinski definition) is 1. The van der Waals surface area contributed by atoms with Gasteiger partial charge in [-0.15, -0.1) is 0 Å². The lowest BCUT2D eigenvalue weighted by Crippen LogP contribution is -2.57. The molecule has 3 rings (SSSR count). The van der Waals surface area contributed by atoms with Crippen LogP contribution in [-0.2, 0) is 5.41 Å². The second kappa shape index (κ2) is 5.35. The highest BCUT2D eigenvalue weighted by Crippen LogP contribution is 2.64. The minimum Gasteiger partial charge on any atom is -0.316 e. The van der Waals surface area contributed by atoms with Crippen LogP contribution in [0.3, 0.4) is 0 Å². The van der Waals surface area contributed by atoms with E-state index < -0.39 is 11.6 Å². The standard InChI is InChI=1S/C18H25F2N/c1-13(2)9-21-12-18(10-17(11-18)4-3-5-17)14-6-15(19)8-16(20)7-14/h6-8,13,21H,3-5,9-12H2,1-2H3. The first-order chi connectivity index (χ1) is 9.93. The summed E-state index contributed by atoms with van der Waals surface area (Å²) in [5.74, 6) is -0.324. The van der Waals surface area contributed by atoms with Gasteiger partial charge >= 0.3 is 0 Å². The normalized spacial score (nSPS) is 22.1. The van der Waals surface area contributed by atoms with Crippen LogP contribution in [0, 0.1) is 23.0 Å². The molecule has 2 aliphatic carbocycles. The molecule has 3 heteroatoms. The van der Waals surface area contributed by atoms with Crippen molar-refractivity contribution in [1.29, 1.82) is 0 Å². The average Bonchev–Trinajstić information content (AvgIpc) is 2.28. The highest BCUT2D eigenvalue weighted by molar-refractivity contribution is 5.33. The second-order valence-corrected chi connectivity index (χ2v) is 7.67. The zero-order chi connectivity index (χ0) is 15.1. The molecule has 0 heterocycles. The Morgan fingerprint density at radius 3 is 2.19 bits per heavy atom. The predicted molar refractivity (Wildman–Crippen MR) is 81.3 cm³/mol. The summed E-state index contributed by atoms with van der Waals surface area (Å²) in [5, 5.41) is 3.51. The van der Waals surface area contributed by atoms with Gasteiger partial charge in [-0.2, -0.15) is 0 Å². The van der Waals surface area contributed by atoms with Crippen molar-refractivity contribution in [2.45, 2.75) is 51.4 Å². The number of halogens is 2. The fourth-order valence-corrected chi connectivity index (χ4v) is 4.31. The molecule has 0 amide bonds. The molecular weight excluding hydrogens is 268 g/mol. The quantitative estimate of drug-likeness (QED) is 0.848. The molecule has 0 atom stereocenters. The Balaban J connectivity index is 1.79. The Morgan fingerprint density at radius 1 is 1.10 bits per heavy atom. The smallest absolute Gasteiger partial charge is 0.126 e. The largest absolute Gasteiger partial charge is 0.316 e. The molecular formula is C18H25F2N. The van der Waals surface area contributed by atoms with Crippen LogP contribution in [0.4, 0.5) is 8.78 Å². The highest BCUT2D eigenvalue weighted by Gasteiger charge is 2.57. The maximum absolute atomic E-state index is 13.6. The van der Waals surface area contributed by atoms with Crippen molar-refractivity contribution in [2.24, 2.45) is 11.3 Å². The van der Waals surface area contributed by atoms with Crippen LogP contribution in [0.5, 0.6) is 0 Å². The van der Waals surface area contributed by atoms with Crippen molar-refractivity contribution in [3.05, 3.63) is 35.4 Å². The van der Waals surface area contributed by atoms with E-state index in [2.05, 4.69) is 19.2 Å². The van der Waals surface area contributed by atoms with Crippen LogP contribution in [-0.4, -0.2) is 13.1 Å². The molecule has 0 aliphatic heterocycles. The molecule has 2 saturated carbocycles. The van der Waals surface area contributed by atoms with Crippen LogP contribution in [0.25, 0.3) is 0 Å². The Hall–Kier alpha value is -0.960. The minimum atomic E-state index is -0.456. The summed E-state index contributed by atoms with van der Waals surface area (Å²) >= 11 is 0. The zero-order valence-corrected chi connectivity index (χ0v) is 13.0. The van der Waals surface area contributed by atoms with Gasteiger partial charge < -0.3 is 5.32 Å². The first-order valence-corrected chi connectivity index (χ1v) is 8.10. The summed E-state index contributed by atoms with van der Waals surface area (Å²) in [6.07, 6.45) is 6.04. The van der Waals surface area contributed by atoms with Crippen molar-refractivity contribution >= 4 is 0 Å². The summed E-state index contributed by atoms with van der Waals surface area (Å²) in [6.45, 7) is 6.13. The van der Waals surface area contributed by atoms with E-state index in [-0.39, 0.29) is 5.41 Å². The number of hydrogen-bond acceptors (Lipinski definition) is 1. The molecule has 1 N–H and O–H groups in total. The SMILES string of the molecule is CC(C)CNCC1(c2cc(F)cc(F)c2)CC2(CCC2)C1. The van der Waals surface area contributed by atoms with Crippen molar-refractivity contribution in [2.75, 3.05) is 13.1 Å². The Bertz CT molecular complexity index is 492. The molecule has 0 aromatic heterocycles. The van der Waals surface area contributed by atoms with Gasteiger partial charge in [0.25, 0.3) is 0 Å². The van der Waals surface area contributed by atoms with Crippen molar-refractivity contribution in [3.8, 4) is 0 Å². The molecule has 0 saturated heterocycles. The summed E-state index contributed by atoms with van der Waals surface area (Å²) in [5.41, 5.74) is 1.24. The van der Waals surface area contributed by atoms with Gasteiger partial charge in [0.1, 0.15) is 11.6 Å². The number of rotatable bonds is 5. The molecule has 2 aliphatic rings. The topological polar surface area (TPSA) is 12.0 Å². The molecule has 1 aromatic rings. The van der Waals surface area contributed by atoms with E-state index in [4.69, 9.17) is 0 Å². The second-order valence-electron chi connectivity index (χ2n) is 7.67. The van der Waals surface area contributed by atoms with E-state index in [0.29, 0.717) is 11.3 Å². The molecule has 21 heavy (non-hydrogen) atoms. The van der Waals surface area contributed by atoms with Crippen molar-refractivity contribution < 1.29 is 8.78 Å². The predicted octanol–water partition coefficient (Wildman–Crippen LogP) is 4.41. The first kappa shape index (κ1) is 15.0. The third kappa shape index (κ3) is 2.85. The summed E-state index contributed by atoms with van der Waals surface area (Å²) < 4.78 is 27.2. The Labute approximate surface area is 126 Å². The van der Waals surface area contributed by atoms with Gasteiger partial charge in [0.15, 0.2) is 0 Å². The van der Waals surface area contributed by atoms with Gasteiger partial charge in [-0.3, -0.25) is 0 Å². The van der Waals surface area contributed by atoms with Gasteiger partial charge in [-0.1, -0.05) is 20.3 Å². The lowest BCUT2D eigenvalue weighted by Gasteiger charge is -2.61. The molecule has 0 bridgehead atoms. The highest BCUT2D eigenvalue weighted by atomic mass is 19.1. The monoisotopic (exact) mass is 293 g/mol. The van der Waals surface area contributed by atoms with E-state index >= 15 is 0 Å². The van der Waals surface area contributed by atoms with Crippen LogP contribution >= 0.6 is 0 Å². The summed E-state index contributed by atoms with van der Waals surface area (Å²) in [7, 11) is 0. The van der Waals surface area contributed by atoms with E-state index in [1.807, 2.05) is 0 Å². The molecule has 0 radical (unpaired) electrons. The number of benzene rings is 1. The average molecular weight is 293 g/mol. The maximum atomic E-state index is 13.6. The summed E-state index contributed by atoms with van der Waals surface area (Å²) in [6, 6.07) is 4.04. The fourth-order valence-electron chi connectivity index (χ4n) is 4.31. The van der Waals surface area contributed by atoms with Gasteiger partial charge in [-0.05, 0) is 61.3 Å². The molecule has 1 spiro atoms. The van der Waals surface area contributed by atoms with Crippen LogP contribution in [0.1, 0.15) is 51.5 Å². The molecule has 116 valence electrons. The van der Waals surface area contributed by atoms with E-state index in [1.54, 1.807) is 0 Å². The lowest BCUT2D eigenvalue weighted by molar-refractivity contribution is -0.0486. The molecule has 1 nitrogen and oxygen atoms in total. The van der Waals surface area contributed by atoms with Gasteiger partial charge in [0, 0.05) is 18.0 Å². The van der Waals surface area contributed by atoms with Gasteiger partial charge in [-0.25, -0.2) is 8.78 Å². The van der Waals surface area contributed by atoms with E-state index in [9.17, 15) is 8.78 Å². The first-order valence-electron chi connectivity index (χ1n) is 8.10. The van der Waals surface area contributed by atoms with Gasteiger partial charge in [0.05, 0.1) is 0 Å². The maximum Gasteiger partial charge on any atom is 0.126 e. The fraction of sp³-hybridized carbons (Fsp3) is 0.667. The van der Waals surface area contributed by atoms with E-state index in [1.165, 1.54) is 31.4 Å². The van der Waals surface area contributed by atoms with Crippen LogP contribution < -0.4 is 5.32 Å². The Morgan fingerprint density at radius 2 is 1.71 bits per heavy atom. The minimum absolute atomic E-state index is 0.0712. The van der Waals surface area contributed by atoms with Crippen molar-refractivity contribution in [3.63, 3.8) is 0 Å². The molecule has 0 unspecified atom stereocenters. The van der Waals surface area contributed by atoms with Crippen LogP contribution in [0.2, 0.25) is 0 Å². The zero-order valence-electron chi connectivity index (χ0n) is 13.0. The van der Waals surface area contributed by atoms with Crippen molar-refractivity contribution in [1.82, 2.24) is 5.32 Å². The third-order valence-electron chi connectivity index (χ3n) is 5.33. The third-order valence-corrected chi connectivity index (χ3v) is 5.33. The van der Waals surface area contributed by atoms with Crippen LogP contribution in [0.15, 0.2) is 18.2 Å². The summed E-state index contributed by atoms with van der Waals surface area (Å²) in [4.78, 5) is 0. The molecule has 2 fully saturated rings. The lowest BCUT2D eigenvalue weighted by atomic mass is 9.43. The van der Waals surface area contributed by atoms with E-state index in [0.717, 1.165) is 37.6 Å².